The molecule has 0 heterocycles. The normalized spacial score (nSPS) is 10.5. The first-order valence-electron chi connectivity index (χ1n) is 5.30. The van der Waals surface area contributed by atoms with Gasteiger partial charge in [-0.15, -0.1) is 0 Å². The van der Waals surface area contributed by atoms with E-state index in [0.29, 0.717) is 5.92 Å². The lowest BCUT2D eigenvalue weighted by molar-refractivity contribution is -0.114. The van der Waals surface area contributed by atoms with Crippen LogP contribution in [0.25, 0.3) is 0 Å². The molecule has 1 N–H and O–H groups in total. The van der Waals surface area contributed by atoms with Crippen molar-refractivity contribution in [2.24, 2.45) is 0 Å². The van der Waals surface area contributed by atoms with Crippen molar-refractivity contribution >= 4 is 11.6 Å². The predicted octanol–water partition coefficient (Wildman–Crippen LogP) is 3.39. The van der Waals surface area contributed by atoms with Crippen LogP contribution in [0.4, 0.5) is 5.69 Å². The number of aryl methyl sites for hydroxylation is 2. The van der Waals surface area contributed by atoms with Gasteiger partial charge in [-0.05, 0) is 42.5 Å². The molecular formula is C13H19NO. The number of rotatable bonds is 2. The van der Waals surface area contributed by atoms with Gasteiger partial charge in [0.1, 0.15) is 0 Å². The molecule has 0 aliphatic heterocycles. The van der Waals surface area contributed by atoms with Gasteiger partial charge in [0.15, 0.2) is 0 Å². The SMILES string of the molecule is CC(=O)Nc1cc(C)c(C(C)C)cc1C. The van der Waals surface area contributed by atoms with Crippen LogP contribution in [-0.4, -0.2) is 5.91 Å². The summed E-state index contributed by atoms with van der Waals surface area (Å²) in [4.78, 5) is 11.0. The summed E-state index contributed by atoms with van der Waals surface area (Å²) in [5.74, 6) is 0.505. The molecule has 1 aromatic rings. The van der Waals surface area contributed by atoms with Gasteiger partial charge in [-0.3, -0.25) is 4.79 Å². The van der Waals surface area contributed by atoms with Gasteiger partial charge in [0.25, 0.3) is 0 Å². The predicted molar refractivity (Wildman–Crippen MR) is 64.3 cm³/mol. The number of carbonyl (C=O) groups excluding carboxylic acids is 1. The van der Waals surface area contributed by atoms with Crippen molar-refractivity contribution in [2.45, 2.75) is 40.5 Å². The van der Waals surface area contributed by atoms with Gasteiger partial charge in [-0.25, -0.2) is 0 Å². The Hall–Kier alpha value is -1.31. The standard InChI is InChI=1S/C13H19NO/c1-8(2)12-6-10(4)13(7-9(12)3)14-11(5)15/h6-8H,1-5H3,(H,14,15). The van der Waals surface area contributed by atoms with E-state index in [-0.39, 0.29) is 5.91 Å². The Bertz CT molecular complexity index is 380. The molecule has 0 spiro atoms. The van der Waals surface area contributed by atoms with E-state index in [4.69, 9.17) is 0 Å². The van der Waals surface area contributed by atoms with E-state index < -0.39 is 0 Å². The number of carbonyl (C=O) groups is 1. The van der Waals surface area contributed by atoms with Gasteiger partial charge >= 0.3 is 0 Å². The molecule has 0 aliphatic carbocycles. The number of hydrogen-bond acceptors (Lipinski definition) is 1. The summed E-state index contributed by atoms with van der Waals surface area (Å²) >= 11 is 0. The first kappa shape index (κ1) is 11.8. The second-order valence-electron chi connectivity index (χ2n) is 4.36. The molecule has 0 radical (unpaired) electrons. The Balaban J connectivity index is 3.13. The maximum atomic E-state index is 11.0. The van der Waals surface area contributed by atoms with Crippen LogP contribution in [0.15, 0.2) is 12.1 Å². The van der Waals surface area contributed by atoms with Gasteiger partial charge in [0, 0.05) is 12.6 Å². The van der Waals surface area contributed by atoms with Crippen LogP contribution in [0.2, 0.25) is 0 Å². The summed E-state index contributed by atoms with van der Waals surface area (Å²) in [6, 6.07) is 4.21. The summed E-state index contributed by atoms with van der Waals surface area (Å²) in [5.41, 5.74) is 4.63. The van der Waals surface area contributed by atoms with Crippen LogP contribution in [0.5, 0.6) is 0 Å². The first-order valence-corrected chi connectivity index (χ1v) is 5.30. The molecule has 0 saturated heterocycles. The lowest BCUT2D eigenvalue weighted by atomic mass is 9.95. The maximum absolute atomic E-state index is 11.0. The summed E-state index contributed by atoms with van der Waals surface area (Å²) < 4.78 is 0. The molecule has 1 amide bonds. The third-order valence-corrected chi connectivity index (χ3v) is 2.55. The fraction of sp³-hybridized carbons (Fsp3) is 0.462. The molecule has 0 saturated carbocycles. The molecule has 2 nitrogen and oxygen atoms in total. The topological polar surface area (TPSA) is 29.1 Å². The highest BCUT2D eigenvalue weighted by Gasteiger charge is 2.08. The zero-order valence-electron chi connectivity index (χ0n) is 10.1. The molecular weight excluding hydrogens is 186 g/mol. The summed E-state index contributed by atoms with van der Waals surface area (Å²) in [7, 11) is 0. The Morgan fingerprint density at radius 2 is 1.80 bits per heavy atom. The molecule has 1 rings (SSSR count). The second-order valence-corrected chi connectivity index (χ2v) is 4.36. The average molecular weight is 205 g/mol. The largest absolute Gasteiger partial charge is 0.326 e. The molecule has 0 aliphatic rings. The number of anilines is 1. The van der Waals surface area contributed by atoms with Crippen LogP contribution in [0, 0.1) is 13.8 Å². The number of hydrogen-bond donors (Lipinski definition) is 1. The molecule has 0 atom stereocenters. The minimum absolute atomic E-state index is 0.0187. The van der Waals surface area contributed by atoms with Crippen molar-refractivity contribution in [1.82, 2.24) is 0 Å². The summed E-state index contributed by atoms with van der Waals surface area (Å²) in [6.45, 7) is 10.0. The third-order valence-electron chi connectivity index (χ3n) is 2.55. The van der Waals surface area contributed by atoms with Crippen molar-refractivity contribution in [1.29, 1.82) is 0 Å². The molecule has 0 bridgehead atoms. The maximum Gasteiger partial charge on any atom is 0.221 e. The van der Waals surface area contributed by atoms with Gasteiger partial charge in [0.2, 0.25) is 5.91 Å². The van der Waals surface area contributed by atoms with E-state index >= 15 is 0 Å². The van der Waals surface area contributed by atoms with E-state index in [9.17, 15) is 4.79 Å². The minimum atomic E-state index is -0.0187. The second kappa shape index (κ2) is 4.47. The number of amides is 1. The molecule has 0 fully saturated rings. The fourth-order valence-corrected chi connectivity index (χ4v) is 1.78. The van der Waals surface area contributed by atoms with Gasteiger partial charge in [0.05, 0.1) is 0 Å². The lowest BCUT2D eigenvalue weighted by Crippen LogP contribution is -2.08. The van der Waals surface area contributed by atoms with Crippen LogP contribution >= 0.6 is 0 Å². The lowest BCUT2D eigenvalue weighted by Gasteiger charge is -2.14. The van der Waals surface area contributed by atoms with Crippen molar-refractivity contribution in [3.63, 3.8) is 0 Å². The third kappa shape index (κ3) is 2.82. The van der Waals surface area contributed by atoms with E-state index in [2.05, 4.69) is 32.2 Å². The summed E-state index contributed by atoms with van der Waals surface area (Å²) in [6.07, 6.45) is 0. The van der Waals surface area contributed by atoms with E-state index in [1.165, 1.54) is 18.1 Å². The van der Waals surface area contributed by atoms with Crippen LogP contribution in [-0.2, 0) is 4.79 Å². The Kier molecular flexibility index (Phi) is 3.51. The Labute approximate surface area is 91.7 Å². The zero-order valence-corrected chi connectivity index (χ0v) is 10.1. The molecule has 82 valence electrons. The number of benzene rings is 1. The molecule has 1 aromatic carbocycles. The van der Waals surface area contributed by atoms with Crippen LogP contribution in [0.1, 0.15) is 43.4 Å². The molecule has 0 unspecified atom stereocenters. The van der Waals surface area contributed by atoms with Crippen molar-refractivity contribution < 1.29 is 4.79 Å². The highest BCUT2D eigenvalue weighted by atomic mass is 16.1. The van der Waals surface area contributed by atoms with Gasteiger partial charge in [-0.2, -0.15) is 0 Å². The Morgan fingerprint density at radius 3 is 2.27 bits per heavy atom. The van der Waals surface area contributed by atoms with E-state index in [1.807, 2.05) is 13.0 Å². The zero-order chi connectivity index (χ0) is 11.6. The average Bonchev–Trinajstić information content (AvgIpc) is 2.09. The molecule has 15 heavy (non-hydrogen) atoms. The van der Waals surface area contributed by atoms with Crippen molar-refractivity contribution in [3.8, 4) is 0 Å². The van der Waals surface area contributed by atoms with Gasteiger partial charge in [-0.1, -0.05) is 19.9 Å². The smallest absolute Gasteiger partial charge is 0.221 e. The highest BCUT2D eigenvalue weighted by Crippen LogP contribution is 2.25. The first-order chi connectivity index (χ1) is 6.91. The molecule has 0 aromatic heterocycles. The van der Waals surface area contributed by atoms with E-state index in [0.717, 1.165) is 11.3 Å². The summed E-state index contributed by atoms with van der Waals surface area (Å²) in [5, 5.41) is 2.84. The molecule has 2 heteroatoms. The van der Waals surface area contributed by atoms with Crippen LogP contribution in [0.3, 0.4) is 0 Å². The number of nitrogens with one attached hydrogen (secondary N) is 1. The quantitative estimate of drug-likeness (QED) is 0.787. The minimum Gasteiger partial charge on any atom is -0.326 e. The van der Waals surface area contributed by atoms with E-state index in [1.54, 1.807) is 0 Å². The fourth-order valence-electron chi connectivity index (χ4n) is 1.78. The van der Waals surface area contributed by atoms with Crippen molar-refractivity contribution in [2.75, 3.05) is 5.32 Å². The monoisotopic (exact) mass is 205 g/mol. The highest BCUT2D eigenvalue weighted by molar-refractivity contribution is 5.89. The van der Waals surface area contributed by atoms with Gasteiger partial charge < -0.3 is 5.32 Å². The van der Waals surface area contributed by atoms with Crippen molar-refractivity contribution in [3.05, 3.63) is 28.8 Å². The Morgan fingerprint density at radius 1 is 1.20 bits per heavy atom. The van der Waals surface area contributed by atoms with Crippen LogP contribution < -0.4 is 5.32 Å².